The molecule has 5 N–H and O–H groups in total. The Morgan fingerprint density at radius 3 is 2.66 bits per heavy atom. The molecular formula is C27H32N8. The zero-order chi connectivity index (χ0) is 24.2. The van der Waals surface area contributed by atoms with E-state index in [0.29, 0.717) is 12.5 Å². The predicted molar refractivity (Wildman–Crippen MR) is 144 cm³/mol. The van der Waals surface area contributed by atoms with Crippen molar-refractivity contribution < 1.29 is 0 Å². The molecule has 0 atom stereocenters. The van der Waals surface area contributed by atoms with Crippen molar-refractivity contribution in [2.75, 3.05) is 41.8 Å². The standard InChI is InChI=1S/C27H32N8/c1-18(2)22-15-20(8-10-24(22)34-28)25-17-31-26(27(33-25)35-13-11-29-12-14-35)30-16-21-9-7-19-5-3-4-6-23(19)32-21/h3-10,15,17-18,29,34H,11-14,16,28H2,1-2H3,(H,30,31). The number of fused-ring (bicyclic) bond motifs is 1. The topological polar surface area (TPSA) is 104 Å². The summed E-state index contributed by atoms with van der Waals surface area (Å²) in [6.45, 7) is 8.50. The maximum Gasteiger partial charge on any atom is 0.172 e. The number of hydrogen-bond donors (Lipinski definition) is 4. The van der Waals surface area contributed by atoms with Gasteiger partial charge in [-0.3, -0.25) is 10.8 Å². The van der Waals surface area contributed by atoms with Crippen LogP contribution in [0.5, 0.6) is 0 Å². The lowest BCUT2D eigenvalue weighted by molar-refractivity contribution is 0.585. The van der Waals surface area contributed by atoms with Crippen LogP contribution in [0.3, 0.4) is 0 Å². The van der Waals surface area contributed by atoms with E-state index < -0.39 is 0 Å². The van der Waals surface area contributed by atoms with Crippen LogP contribution >= 0.6 is 0 Å². The molecule has 2 aromatic heterocycles. The van der Waals surface area contributed by atoms with Gasteiger partial charge in [0.1, 0.15) is 0 Å². The maximum atomic E-state index is 5.73. The van der Waals surface area contributed by atoms with Gasteiger partial charge in [-0.2, -0.15) is 0 Å². The molecule has 4 aromatic rings. The van der Waals surface area contributed by atoms with Gasteiger partial charge in [0.05, 0.1) is 35.3 Å². The van der Waals surface area contributed by atoms with Crippen LogP contribution in [0.2, 0.25) is 0 Å². The van der Waals surface area contributed by atoms with Crippen molar-refractivity contribution in [2.24, 2.45) is 5.84 Å². The predicted octanol–water partition coefficient (Wildman–Crippen LogP) is 4.12. The summed E-state index contributed by atoms with van der Waals surface area (Å²) in [6, 6.07) is 18.5. The van der Waals surface area contributed by atoms with Crippen molar-refractivity contribution in [2.45, 2.75) is 26.3 Å². The van der Waals surface area contributed by atoms with Gasteiger partial charge < -0.3 is 21.0 Å². The Morgan fingerprint density at radius 1 is 1.03 bits per heavy atom. The van der Waals surface area contributed by atoms with E-state index in [1.807, 2.05) is 36.5 Å². The number of hydrazine groups is 1. The summed E-state index contributed by atoms with van der Waals surface area (Å²) >= 11 is 0. The van der Waals surface area contributed by atoms with E-state index >= 15 is 0 Å². The van der Waals surface area contributed by atoms with Gasteiger partial charge in [-0.25, -0.2) is 9.97 Å². The van der Waals surface area contributed by atoms with Gasteiger partial charge in [0.25, 0.3) is 0 Å². The van der Waals surface area contributed by atoms with Gasteiger partial charge in [-0.1, -0.05) is 44.2 Å². The van der Waals surface area contributed by atoms with E-state index in [4.69, 9.17) is 20.8 Å². The highest BCUT2D eigenvalue weighted by Crippen LogP contribution is 2.31. The van der Waals surface area contributed by atoms with Crippen LogP contribution in [0.15, 0.2) is 60.8 Å². The number of hydrogen-bond acceptors (Lipinski definition) is 8. The minimum absolute atomic E-state index is 0.331. The number of nitrogens with two attached hydrogens (primary N) is 1. The van der Waals surface area contributed by atoms with E-state index in [1.165, 1.54) is 0 Å². The van der Waals surface area contributed by atoms with Crippen LogP contribution in [0.4, 0.5) is 17.3 Å². The van der Waals surface area contributed by atoms with Gasteiger partial charge in [0.15, 0.2) is 11.6 Å². The summed E-state index contributed by atoms with van der Waals surface area (Å²) in [6.07, 6.45) is 1.84. The first-order chi connectivity index (χ1) is 17.1. The van der Waals surface area contributed by atoms with Gasteiger partial charge in [0, 0.05) is 37.1 Å². The molecule has 0 radical (unpaired) electrons. The third-order valence-electron chi connectivity index (χ3n) is 6.39. The molecule has 35 heavy (non-hydrogen) atoms. The highest BCUT2D eigenvalue weighted by Gasteiger charge is 2.19. The Bertz CT molecular complexity index is 1310. The largest absolute Gasteiger partial charge is 0.361 e. The number of nitrogens with zero attached hydrogens (tertiary/aromatic N) is 4. The molecule has 3 heterocycles. The monoisotopic (exact) mass is 468 g/mol. The van der Waals surface area contributed by atoms with E-state index in [-0.39, 0.29) is 0 Å². The number of benzene rings is 2. The lowest BCUT2D eigenvalue weighted by Gasteiger charge is -2.30. The molecule has 8 nitrogen and oxygen atoms in total. The van der Waals surface area contributed by atoms with E-state index in [9.17, 15) is 0 Å². The van der Waals surface area contributed by atoms with E-state index in [1.54, 1.807) is 0 Å². The smallest absolute Gasteiger partial charge is 0.172 e. The van der Waals surface area contributed by atoms with Crippen LogP contribution in [0.25, 0.3) is 22.2 Å². The van der Waals surface area contributed by atoms with Gasteiger partial charge in [0.2, 0.25) is 0 Å². The Hall–Kier alpha value is -3.75. The number of pyridine rings is 1. The molecule has 8 heteroatoms. The van der Waals surface area contributed by atoms with Crippen molar-refractivity contribution in [3.63, 3.8) is 0 Å². The molecule has 180 valence electrons. The fraction of sp³-hybridized carbons (Fsp3) is 0.296. The third kappa shape index (κ3) is 5.03. The summed E-state index contributed by atoms with van der Waals surface area (Å²) < 4.78 is 0. The molecule has 2 aromatic carbocycles. The van der Waals surface area contributed by atoms with Gasteiger partial charge in [-0.15, -0.1) is 0 Å². The second kappa shape index (κ2) is 10.2. The van der Waals surface area contributed by atoms with Crippen LogP contribution < -0.4 is 26.8 Å². The number of para-hydroxylation sites is 1. The highest BCUT2D eigenvalue weighted by molar-refractivity contribution is 5.78. The number of anilines is 3. The first-order valence-corrected chi connectivity index (χ1v) is 12.1. The van der Waals surface area contributed by atoms with Crippen LogP contribution in [0.1, 0.15) is 31.0 Å². The molecule has 0 amide bonds. The van der Waals surface area contributed by atoms with Crippen LogP contribution in [-0.2, 0) is 6.54 Å². The number of nitrogen functional groups attached to an aromatic ring is 1. The number of piperazine rings is 1. The summed E-state index contributed by atoms with van der Waals surface area (Å²) in [7, 11) is 0. The average molecular weight is 469 g/mol. The molecule has 0 saturated carbocycles. The fourth-order valence-electron chi connectivity index (χ4n) is 4.45. The zero-order valence-electron chi connectivity index (χ0n) is 20.3. The van der Waals surface area contributed by atoms with E-state index in [0.717, 1.165) is 76.9 Å². The second-order valence-electron chi connectivity index (χ2n) is 9.11. The number of rotatable bonds is 7. The first kappa shape index (κ1) is 23.0. The Kier molecular flexibility index (Phi) is 6.74. The minimum atomic E-state index is 0.331. The molecule has 1 aliphatic rings. The molecule has 0 aliphatic carbocycles. The van der Waals surface area contributed by atoms with Gasteiger partial charge in [-0.05, 0) is 35.7 Å². The Balaban J connectivity index is 1.46. The van der Waals surface area contributed by atoms with Crippen LogP contribution in [0, 0.1) is 0 Å². The molecule has 1 fully saturated rings. The summed E-state index contributed by atoms with van der Waals surface area (Å²) in [5.41, 5.74) is 8.72. The fourth-order valence-corrected chi connectivity index (χ4v) is 4.45. The summed E-state index contributed by atoms with van der Waals surface area (Å²) in [4.78, 5) is 17.0. The molecule has 5 rings (SSSR count). The molecule has 0 spiro atoms. The van der Waals surface area contributed by atoms with Crippen molar-refractivity contribution in [3.8, 4) is 11.3 Å². The third-order valence-corrected chi connectivity index (χ3v) is 6.39. The normalized spacial score (nSPS) is 13.9. The Labute approximate surface area is 206 Å². The summed E-state index contributed by atoms with van der Waals surface area (Å²) in [5, 5.41) is 8.05. The van der Waals surface area contributed by atoms with Crippen LogP contribution in [-0.4, -0.2) is 41.1 Å². The zero-order valence-corrected chi connectivity index (χ0v) is 20.3. The minimum Gasteiger partial charge on any atom is -0.361 e. The molecule has 1 aliphatic heterocycles. The highest BCUT2D eigenvalue weighted by atomic mass is 15.3. The van der Waals surface area contributed by atoms with Crippen molar-refractivity contribution in [3.05, 3.63) is 72.1 Å². The van der Waals surface area contributed by atoms with E-state index in [2.05, 4.69) is 59.1 Å². The first-order valence-electron chi connectivity index (χ1n) is 12.1. The maximum absolute atomic E-state index is 5.73. The quantitative estimate of drug-likeness (QED) is 0.237. The lowest BCUT2D eigenvalue weighted by atomic mass is 9.97. The summed E-state index contributed by atoms with van der Waals surface area (Å²) in [5.74, 6) is 7.70. The molecule has 0 unspecified atom stereocenters. The van der Waals surface area contributed by atoms with Crippen molar-refractivity contribution >= 4 is 28.2 Å². The molecular weight excluding hydrogens is 436 g/mol. The second-order valence-corrected chi connectivity index (χ2v) is 9.11. The van der Waals surface area contributed by atoms with Crippen molar-refractivity contribution in [1.82, 2.24) is 20.3 Å². The molecule has 1 saturated heterocycles. The number of aromatic nitrogens is 3. The van der Waals surface area contributed by atoms with Crippen molar-refractivity contribution in [1.29, 1.82) is 0 Å². The lowest BCUT2D eigenvalue weighted by Crippen LogP contribution is -2.44. The van der Waals surface area contributed by atoms with Gasteiger partial charge >= 0.3 is 0 Å². The molecule has 0 bridgehead atoms. The average Bonchev–Trinajstić information content (AvgIpc) is 2.91. The SMILES string of the molecule is CC(C)c1cc(-c2cnc(NCc3ccc4ccccc4n3)c(N3CCNCC3)n2)ccc1NN. The number of nitrogens with one attached hydrogen (secondary N) is 3. The Morgan fingerprint density at radius 2 is 1.86 bits per heavy atom.